The van der Waals surface area contributed by atoms with Crippen molar-refractivity contribution >= 4 is 0 Å². The van der Waals surface area contributed by atoms with Gasteiger partial charge in [-0.05, 0) is 26.2 Å². The predicted octanol–water partition coefficient (Wildman–Crippen LogP) is 4.28. The second-order valence-electron chi connectivity index (χ2n) is 4.95. The molecule has 2 atom stereocenters. The highest BCUT2D eigenvalue weighted by Crippen LogP contribution is 2.17. The first-order valence-electron chi connectivity index (χ1n) is 7.10. The van der Waals surface area contributed by atoms with Crippen molar-refractivity contribution < 1.29 is 9.47 Å². The Hall–Kier alpha value is -0.0800. The fourth-order valence-corrected chi connectivity index (χ4v) is 2.15. The van der Waals surface area contributed by atoms with Crippen molar-refractivity contribution in [3.8, 4) is 0 Å². The summed E-state index contributed by atoms with van der Waals surface area (Å²) in [7, 11) is 0. The van der Waals surface area contributed by atoms with E-state index in [9.17, 15) is 0 Å². The molecule has 0 bridgehead atoms. The highest BCUT2D eigenvalue weighted by Gasteiger charge is 2.18. The zero-order valence-electron chi connectivity index (χ0n) is 11.0. The van der Waals surface area contributed by atoms with Gasteiger partial charge in [-0.1, -0.05) is 45.4 Å². The van der Waals surface area contributed by atoms with Gasteiger partial charge in [0.15, 0.2) is 6.29 Å². The van der Waals surface area contributed by atoms with E-state index < -0.39 is 0 Å². The molecule has 2 heteroatoms. The molecular formula is C14H28O2. The van der Waals surface area contributed by atoms with Crippen LogP contribution in [-0.4, -0.2) is 19.0 Å². The number of hydrogen-bond donors (Lipinski definition) is 0. The first-order valence-corrected chi connectivity index (χ1v) is 7.10. The topological polar surface area (TPSA) is 18.5 Å². The molecule has 0 N–H and O–H groups in total. The predicted molar refractivity (Wildman–Crippen MR) is 67.5 cm³/mol. The summed E-state index contributed by atoms with van der Waals surface area (Å²) in [5, 5.41) is 0. The van der Waals surface area contributed by atoms with E-state index in [1.807, 2.05) is 0 Å². The molecule has 0 aromatic carbocycles. The van der Waals surface area contributed by atoms with Crippen LogP contribution in [0.3, 0.4) is 0 Å². The van der Waals surface area contributed by atoms with Crippen molar-refractivity contribution in [3.05, 3.63) is 0 Å². The fraction of sp³-hybridized carbons (Fsp3) is 1.00. The van der Waals surface area contributed by atoms with Crippen LogP contribution in [0.15, 0.2) is 0 Å². The molecule has 1 aliphatic heterocycles. The van der Waals surface area contributed by atoms with Gasteiger partial charge in [0.1, 0.15) is 0 Å². The minimum atomic E-state index is 0.0828. The van der Waals surface area contributed by atoms with E-state index >= 15 is 0 Å². The summed E-state index contributed by atoms with van der Waals surface area (Å²) < 4.78 is 11.3. The molecule has 2 unspecified atom stereocenters. The molecule has 1 aliphatic rings. The monoisotopic (exact) mass is 228 g/mol. The number of rotatable bonds is 8. The third-order valence-corrected chi connectivity index (χ3v) is 3.26. The molecule has 0 aliphatic carbocycles. The summed E-state index contributed by atoms with van der Waals surface area (Å²) in [6.45, 7) is 5.28. The quantitative estimate of drug-likeness (QED) is 0.577. The minimum Gasteiger partial charge on any atom is -0.353 e. The minimum absolute atomic E-state index is 0.0828. The molecule has 0 radical (unpaired) electrons. The van der Waals surface area contributed by atoms with E-state index in [0.717, 1.165) is 19.4 Å². The molecule has 1 fully saturated rings. The Morgan fingerprint density at radius 3 is 2.38 bits per heavy atom. The van der Waals surface area contributed by atoms with Gasteiger partial charge in [-0.3, -0.25) is 0 Å². The fourth-order valence-electron chi connectivity index (χ4n) is 2.15. The highest BCUT2D eigenvalue weighted by atomic mass is 16.7. The normalized spacial score (nSPS) is 25.9. The van der Waals surface area contributed by atoms with Crippen LogP contribution in [0.1, 0.15) is 71.6 Å². The first-order chi connectivity index (χ1) is 7.83. The molecule has 1 saturated heterocycles. The Bertz CT molecular complexity index is 159. The van der Waals surface area contributed by atoms with Crippen LogP contribution in [0.5, 0.6) is 0 Å². The molecule has 16 heavy (non-hydrogen) atoms. The lowest BCUT2D eigenvalue weighted by atomic mass is 10.1. The van der Waals surface area contributed by atoms with Crippen molar-refractivity contribution in [2.45, 2.75) is 84.0 Å². The Kier molecular flexibility index (Phi) is 7.87. The lowest BCUT2D eigenvalue weighted by molar-refractivity contribution is -0.210. The van der Waals surface area contributed by atoms with E-state index in [0.29, 0.717) is 6.10 Å². The van der Waals surface area contributed by atoms with Crippen LogP contribution in [-0.2, 0) is 9.47 Å². The lowest BCUT2D eigenvalue weighted by Crippen LogP contribution is -2.30. The zero-order valence-corrected chi connectivity index (χ0v) is 11.0. The highest BCUT2D eigenvalue weighted by molar-refractivity contribution is 4.59. The van der Waals surface area contributed by atoms with Gasteiger partial charge in [0.25, 0.3) is 0 Å². The average molecular weight is 228 g/mol. The Morgan fingerprint density at radius 1 is 1.00 bits per heavy atom. The van der Waals surface area contributed by atoms with Gasteiger partial charge in [0.05, 0.1) is 12.7 Å². The Morgan fingerprint density at radius 2 is 1.69 bits per heavy atom. The van der Waals surface area contributed by atoms with Crippen molar-refractivity contribution in [2.75, 3.05) is 6.61 Å². The summed E-state index contributed by atoms with van der Waals surface area (Å²) >= 11 is 0. The number of ether oxygens (including phenoxy) is 2. The van der Waals surface area contributed by atoms with Crippen LogP contribution in [0.4, 0.5) is 0 Å². The van der Waals surface area contributed by atoms with Crippen LogP contribution >= 0.6 is 0 Å². The van der Waals surface area contributed by atoms with Crippen LogP contribution in [0.25, 0.3) is 0 Å². The number of hydrogen-bond acceptors (Lipinski definition) is 2. The maximum Gasteiger partial charge on any atom is 0.157 e. The maximum absolute atomic E-state index is 5.71. The Balaban J connectivity index is 1.86. The van der Waals surface area contributed by atoms with Gasteiger partial charge in [-0.2, -0.15) is 0 Å². The second kappa shape index (κ2) is 9.00. The van der Waals surface area contributed by atoms with E-state index in [1.165, 1.54) is 44.9 Å². The lowest BCUT2D eigenvalue weighted by Gasteiger charge is -2.28. The SMILES string of the molecule is CCCCCCCCCC1OCCC(C)O1. The molecular weight excluding hydrogens is 200 g/mol. The molecule has 0 spiro atoms. The molecule has 96 valence electrons. The Labute approximate surface area is 101 Å². The third-order valence-electron chi connectivity index (χ3n) is 3.26. The van der Waals surface area contributed by atoms with Crippen molar-refractivity contribution in [1.29, 1.82) is 0 Å². The van der Waals surface area contributed by atoms with Gasteiger partial charge in [-0.25, -0.2) is 0 Å². The number of unbranched alkanes of at least 4 members (excludes halogenated alkanes) is 6. The maximum atomic E-state index is 5.71. The van der Waals surface area contributed by atoms with E-state index in [2.05, 4.69) is 13.8 Å². The van der Waals surface area contributed by atoms with E-state index in [-0.39, 0.29) is 6.29 Å². The average Bonchev–Trinajstić information content (AvgIpc) is 2.28. The molecule has 0 aromatic rings. The second-order valence-corrected chi connectivity index (χ2v) is 4.95. The van der Waals surface area contributed by atoms with Gasteiger partial charge < -0.3 is 9.47 Å². The van der Waals surface area contributed by atoms with E-state index in [1.54, 1.807) is 0 Å². The third kappa shape index (κ3) is 6.49. The smallest absolute Gasteiger partial charge is 0.157 e. The standard InChI is InChI=1S/C14H28O2/c1-3-4-5-6-7-8-9-10-14-15-12-11-13(2)16-14/h13-14H,3-12H2,1-2H3. The van der Waals surface area contributed by atoms with Crippen molar-refractivity contribution in [1.82, 2.24) is 0 Å². The summed E-state index contributed by atoms with van der Waals surface area (Å²) in [4.78, 5) is 0. The van der Waals surface area contributed by atoms with Gasteiger partial charge >= 0.3 is 0 Å². The molecule has 0 saturated carbocycles. The largest absolute Gasteiger partial charge is 0.353 e. The molecule has 0 amide bonds. The summed E-state index contributed by atoms with van der Waals surface area (Å²) in [5.41, 5.74) is 0. The summed E-state index contributed by atoms with van der Waals surface area (Å²) in [6.07, 6.45) is 12.1. The van der Waals surface area contributed by atoms with Crippen molar-refractivity contribution in [3.63, 3.8) is 0 Å². The zero-order chi connectivity index (χ0) is 11.6. The molecule has 1 rings (SSSR count). The van der Waals surface area contributed by atoms with Crippen LogP contribution in [0.2, 0.25) is 0 Å². The van der Waals surface area contributed by atoms with Crippen LogP contribution < -0.4 is 0 Å². The van der Waals surface area contributed by atoms with Gasteiger partial charge in [0.2, 0.25) is 0 Å². The van der Waals surface area contributed by atoms with E-state index in [4.69, 9.17) is 9.47 Å². The molecule has 0 aromatic heterocycles. The van der Waals surface area contributed by atoms with Gasteiger partial charge in [-0.15, -0.1) is 0 Å². The first kappa shape index (κ1) is 14.0. The summed E-state index contributed by atoms with van der Waals surface area (Å²) in [5.74, 6) is 0. The summed E-state index contributed by atoms with van der Waals surface area (Å²) in [6, 6.07) is 0. The molecule has 2 nitrogen and oxygen atoms in total. The van der Waals surface area contributed by atoms with Gasteiger partial charge in [0, 0.05) is 0 Å². The van der Waals surface area contributed by atoms with Crippen LogP contribution in [0, 0.1) is 0 Å². The van der Waals surface area contributed by atoms with Crippen molar-refractivity contribution in [2.24, 2.45) is 0 Å². The molecule has 1 heterocycles.